The van der Waals surface area contributed by atoms with Gasteiger partial charge in [-0.05, 0) is 12.1 Å². The Labute approximate surface area is 87.3 Å². The van der Waals surface area contributed by atoms with Gasteiger partial charge in [0.2, 0.25) is 5.91 Å². The Bertz CT molecular complexity index is 417. The Morgan fingerprint density at radius 2 is 1.93 bits per heavy atom. The van der Waals surface area contributed by atoms with E-state index >= 15 is 0 Å². The number of alkyl halides is 3. The van der Waals surface area contributed by atoms with Crippen LogP contribution < -0.4 is 5.73 Å². The number of aromatic hydroxyl groups is 1. The molecule has 0 aliphatic rings. The molecule has 7 heteroatoms. The highest BCUT2D eigenvalue weighted by atomic mass is 35.5. The van der Waals surface area contributed by atoms with Crippen molar-refractivity contribution in [3.63, 3.8) is 0 Å². The predicted molar refractivity (Wildman–Crippen MR) is 46.6 cm³/mol. The normalized spacial score (nSPS) is 11.5. The number of nitrogens with two attached hydrogens (primary N) is 1. The lowest BCUT2D eigenvalue weighted by molar-refractivity contribution is -0.138. The van der Waals surface area contributed by atoms with Gasteiger partial charge < -0.3 is 10.8 Å². The highest BCUT2D eigenvalue weighted by molar-refractivity contribution is 6.32. The highest BCUT2D eigenvalue weighted by Gasteiger charge is 2.35. The average Bonchev–Trinajstić information content (AvgIpc) is 2.06. The van der Waals surface area contributed by atoms with Gasteiger partial charge in [0.05, 0.1) is 10.6 Å². The van der Waals surface area contributed by atoms with Crippen LogP contribution in [0.4, 0.5) is 13.2 Å². The molecule has 0 saturated heterocycles. The molecular weight excluding hydrogens is 235 g/mol. The van der Waals surface area contributed by atoms with Gasteiger partial charge in [0, 0.05) is 5.56 Å². The summed E-state index contributed by atoms with van der Waals surface area (Å²) in [4.78, 5) is 10.7. The molecule has 0 unspecified atom stereocenters. The Morgan fingerprint density at radius 3 is 2.33 bits per heavy atom. The van der Waals surface area contributed by atoms with E-state index in [1.165, 1.54) is 0 Å². The number of carbonyl (C=O) groups excluding carboxylic acids is 1. The van der Waals surface area contributed by atoms with Crippen LogP contribution in [0.2, 0.25) is 5.02 Å². The summed E-state index contributed by atoms with van der Waals surface area (Å²) < 4.78 is 36.9. The molecule has 0 radical (unpaired) electrons. The molecule has 1 aromatic rings. The van der Waals surface area contributed by atoms with Crippen molar-refractivity contribution in [2.24, 2.45) is 5.73 Å². The summed E-state index contributed by atoms with van der Waals surface area (Å²) in [7, 11) is 0. The first-order valence-corrected chi connectivity index (χ1v) is 4.01. The molecule has 0 fully saturated rings. The third-order valence-corrected chi connectivity index (χ3v) is 1.94. The van der Waals surface area contributed by atoms with Gasteiger partial charge in [0.25, 0.3) is 0 Å². The second-order valence-corrected chi connectivity index (χ2v) is 3.12. The van der Waals surface area contributed by atoms with Crippen molar-refractivity contribution < 1.29 is 23.1 Å². The number of primary amides is 1. The lowest BCUT2D eigenvalue weighted by Crippen LogP contribution is -2.13. The maximum Gasteiger partial charge on any atom is 0.420 e. The van der Waals surface area contributed by atoms with Gasteiger partial charge in [-0.2, -0.15) is 13.2 Å². The molecule has 0 bridgehead atoms. The van der Waals surface area contributed by atoms with Crippen molar-refractivity contribution in [1.82, 2.24) is 0 Å². The highest BCUT2D eigenvalue weighted by Crippen LogP contribution is 2.40. The number of carbonyl (C=O) groups is 1. The van der Waals surface area contributed by atoms with Crippen LogP contribution in [-0.4, -0.2) is 11.0 Å². The lowest BCUT2D eigenvalue weighted by Gasteiger charge is -2.11. The fraction of sp³-hybridized carbons (Fsp3) is 0.125. The third-order valence-electron chi connectivity index (χ3n) is 1.65. The maximum atomic E-state index is 12.3. The molecule has 15 heavy (non-hydrogen) atoms. The average molecular weight is 240 g/mol. The fourth-order valence-corrected chi connectivity index (χ4v) is 1.18. The van der Waals surface area contributed by atoms with E-state index in [2.05, 4.69) is 0 Å². The zero-order valence-electron chi connectivity index (χ0n) is 7.10. The smallest absolute Gasteiger partial charge is 0.420 e. The van der Waals surface area contributed by atoms with Gasteiger partial charge in [-0.25, -0.2) is 0 Å². The molecule has 0 atom stereocenters. The van der Waals surface area contributed by atoms with Crippen LogP contribution in [0.25, 0.3) is 0 Å². The summed E-state index contributed by atoms with van der Waals surface area (Å²) in [5.41, 5.74) is 3.00. The van der Waals surface area contributed by atoms with Crippen molar-refractivity contribution in [3.05, 3.63) is 28.3 Å². The fourth-order valence-electron chi connectivity index (χ4n) is 0.957. The SMILES string of the molecule is NC(=O)c1cc(Cl)c(O)c(C(F)(F)F)c1. The molecule has 1 rings (SSSR count). The van der Waals surface area contributed by atoms with Crippen molar-refractivity contribution in [2.75, 3.05) is 0 Å². The van der Waals surface area contributed by atoms with Gasteiger partial charge in [0.15, 0.2) is 0 Å². The van der Waals surface area contributed by atoms with Crippen LogP contribution in [0.3, 0.4) is 0 Å². The standard InChI is InChI=1S/C8H5ClF3NO2/c9-5-2-3(7(13)15)1-4(6(5)14)8(10,11)12/h1-2,14H,(H2,13,15). The van der Waals surface area contributed by atoms with Gasteiger partial charge in [-0.3, -0.25) is 4.79 Å². The number of hydrogen-bond acceptors (Lipinski definition) is 2. The Kier molecular flexibility index (Phi) is 2.81. The topological polar surface area (TPSA) is 63.3 Å². The molecule has 3 nitrogen and oxygen atoms in total. The molecule has 3 N–H and O–H groups in total. The zero-order chi connectivity index (χ0) is 11.8. The summed E-state index contributed by atoms with van der Waals surface area (Å²) in [6.07, 6.45) is -4.79. The van der Waals surface area contributed by atoms with E-state index in [9.17, 15) is 18.0 Å². The first kappa shape index (κ1) is 11.6. The van der Waals surface area contributed by atoms with Crippen LogP contribution in [0, 0.1) is 0 Å². The first-order valence-electron chi connectivity index (χ1n) is 3.63. The molecular formula is C8H5ClF3NO2. The monoisotopic (exact) mass is 239 g/mol. The Morgan fingerprint density at radius 1 is 1.40 bits per heavy atom. The van der Waals surface area contributed by atoms with E-state index in [1.54, 1.807) is 0 Å². The Hall–Kier alpha value is -1.43. The van der Waals surface area contributed by atoms with Gasteiger partial charge in [0.1, 0.15) is 5.75 Å². The molecule has 0 heterocycles. The molecule has 0 aromatic heterocycles. The zero-order valence-corrected chi connectivity index (χ0v) is 7.86. The summed E-state index contributed by atoms with van der Waals surface area (Å²) in [6, 6.07) is 1.32. The van der Waals surface area contributed by atoms with Gasteiger partial charge in [-0.1, -0.05) is 11.6 Å². The van der Waals surface area contributed by atoms with E-state index < -0.39 is 34.0 Å². The van der Waals surface area contributed by atoms with Crippen molar-refractivity contribution in [3.8, 4) is 5.75 Å². The first-order chi connectivity index (χ1) is 6.73. The summed E-state index contributed by atoms with van der Waals surface area (Å²) in [5.74, 6) is -2.17. The number of phenols is 1. The second-order valence-electron chi connectivity index (χ2n) is 2.72. The van der Waals surface area contributed by atoms with Crippen molar-refractivity contribution >= 4 is 17.5 Å². The summed E-state index contributed by atoms with van der Waals surface area (Å²) in [5, 5.41) is 8.46. The molecule has 1 aromatic carbocycles. The minimum atomic E-state index is -4.79. The second kappa shape index (κ2) is 3.62. The van der Waals surface area contributed by atoms with E-state index in [1.807, 2.05) is 0 Å². The summed E-state index contributed by atoms with van der Waals surface area (Å²) in [6.45, 7) is 0. The lowest BCUT2D eigenvalue weighted by atomic mass is 10.1. The number of hydrogen-bond donors (Lipinski definition) is 2. The van der Waals surface area contributed by atoms with E-state index in [0.717, 1.165) is 6.07 Å². The molecule has 0 aliphatic heterocycles. The largest absolute Gasteiger partial charge is 0.506 e. The van der Waals surface area contributed by atoms with Crippen molar-refractivity contribution in [1.29, 1.82) is 0 Å². The van der Waals surface area contributed by atoms with Crippen molar-refractivity contribution in [2.45, 2.75) is 6.18 Å². The number of phenolic OH excluding ortho intramolecular Hbond substituents is 1. The van der Waals surface area contributed by atoms with E-state index in [4.69, 9.17) is 22.4 Å². The third kappa shape index (κ3) is 2.33. The minimum Gasteiger partial charge on any atom is -0.506 e. The van der Waals surface area contributed by atoms with Crippen LogP contribution in [0.15, 0.2) is 12.1 Å². The van der Waals surface area contributed by atoms with Gasteiger partial charge in [-0.15, -0.1) is 0 Å². The number of amides is 1. The van der Waals surface area contributed by atoms with E-state index in [-0.39, 0.29) is 0 Å². The predicted octanol–water partition coefficient (Wildman–Crippen LogP) is 2.16. The molecule has 82 valence electrons. The molecule has 0 aliphatic carbocycles. The minimum absolute atomic E-state index is 0.412. The number of rotatable bonds is 1. The van der Waals surface area contributed by atoms with Crippen LogP contribution in [0.5, 0.6) is 5.75 Å². The van der Waals surface area contributed by atoms with Crippen LogP contribution in [-0.2, 0) is 6.18 Å². The van der Waals surface area contributed by atoms with Crippen LogP contribution in [0.1, 0.15) is 15.9 Å². The molecule has 1 amide bonds. The van der Waals surface area contributed by atoms with E-state index in [0.29, 0.717) is 6.07 Å². The molecule has 0 spiro atoms. The number of halogens is 4. The summed E-state index contributed by atoms with van der Waals surface area (Å²) >= 11 is 5.31. The maximum absolute atomic E-state index is 12.3. The van der Waals surface area contributed by atoms with Gasteiger partial charge >= 0.3 is 6.18 Å². The van der Waals surface area contributed by atoms with Crippen LogP contribution >= 0.6 is 11.6 Å². The quantitative estimate of drug-likeness (QED) is 0.789. The Balaban J connectivity index is 3.45. The number of benzene rings is 1. The molecule has 0 saturated carbocycles.